The zero-order valence-corrected chi connectivity index (χ0v) is 16.1. The second-order valence-corrected chi connectivity index (χ2v) is 6.65. The molecule has 3 rings (SSSR count). The standard InChI is InChI=1S/C20H20ClN3O3/c1-4-23-16-10-12(3)15(11-17(16)24(5-2)20(27)19(23)26)22-18(25)13-6-8-14(21)9-7-13/h6-11H,4-5H2,1-3H3,(H,22,25). The molecule has 0 bridgehead atoms. The third kappa shape index (κ3) is 3.40. The Labute approximate surface area is 161 Å². The molecule has 0 radical (unpaired) electrons. The van der Waals surface area contributed by atoms with Crippen molar-refractivity contribution in [3.05, 3.63) is 73.3 Å². The fourth-order valence-electron chi connectivity index (χ4n) is 3.12. The van der Waals surface area contributed by atoms with E-state index < -0.39 is 11.1 Å². The second kappa shape index (κ2) is 7.40. The number of aromatic nitrogens is 2. The summed E-state index contributed by atoms with van der Waals surface area (Å²) in [6, 6.07) is 10.2. The predicted octanol–water partition coefficient (Wildman–Crippen LogP) is 3.42. The summed E-state index contributed by atoms with van der Waals surface area (Å²) in [5, 5.41) is 3.43. The van der Waals surface area contributed by atoms with E-state index in [1.54, 1.807) is 30.3 Å². The summed E-state index contributed by atoms with van der Waals surface area (Å²) in [6.07, 6.45) is 0. The SMILES string of the molecule is CCn1c(=O)c(=O)n(CC)c2cc(NC(=O)c3ccc(Cl)cc3)c(C)cc21. The van der Waals surface area contributed by atoms with Crippen LogP contribution in [0.1, 0.15) is 29.8 Å². The van der Waals surface area contributed by atoms with Crippen molar-refractivity contribution >= 4 is 34.2 Å². The summed E-state index contributed by atoms with van der Waals surface area (Å²) in [7, 11) is 0. The lowest BCUT2D eigenvalue weighted by Crippen LogP contribution is -2.41. The number of benzene rings is 2. The van der Waals surface area contributed by atoms with E-state index in [4.69, 9.17) is 11.6 Å². The Bertz CT molecular complexity index is 1140. The van der Waals surface area contributed by atoms with Crippen LogP contribution in [0.5, 0.6) is 0 Å². The van der Waals surface area contributed by atoms with Gasteiger partial charge in [0.25, 0.3) is 5.91 Å². The van der Waals surface area contributed by atoms with E-state index in [2.05, 4.69) is 5.32 Å². The molecule has 0 fully saturated rings. The lowest BCUT2D eigenvalue weighted by Gasteiger charge is -2.16. The van der Waals surface area contributed by atoms with E-state index in [1.807, 2.05) is 26.8 Å². The number of nitrogens with zero attached hydrogens (tertiary/aromatic N) is 2. The molecule has 1 aromatic heterocycles. The molecule has 7 heteroatoms. The number of anilines is 1. The number of nitrogens with one attached hydrogen (secondary N) is 1. The van der Waals surface area contributed by atoms with Gasteiger partial charge in [0, 0.05) is 29.4 Å². The van der Waals surface area contributed by atoms with Gasteiger partial charge in [-0.3, -0.25) is 14.4 Å². The first-order valence-corrected chi connectivity index (χ1v) is 9.10. The summed E-state index contributed by atoms with van der Waals surface area (Å²) >= 11 is 5.86. The molecule has 1 amide bonds. The van der Waals surface area contributed by atoms with Crippen LogP contribution in [0.4, 0.5) is 5.69 Å². The predicted molar refractivity (Wildman–Crippen MR) is 108 cm³/mol. The molecule has 0 aliphatic rings. The minimum atomic E-state index is -0.564. The number of hydrogen-bond donors (Lipinski definition) is 1. The first kappa shape index (κ1) is 18.9. The number of hydrogen-bond acceptors (Lipinski definition) is 3. The van der Waals surface area contributed by atoms with Crippen LogP contribution in [0.2, 0.25) is 5.02 Å². The van der Waals surface area contributed by atoms with Crippen LogP contribution in [0.25, 0.3) is 11.0 Å². The van der Waals surface area contributed by atoms with E-state index in [-0.39, 0.29) is 5.91 Å². The lowest BCUT2D eigenvalue weighted by atomic mass is 10.1. The molecular formula is C20H20ClN3O3. The highest BCUT2D eigenvalue weighted by molar-refractivity contribution is 6.30. The van der Waals surface area contributed by atoms with Crippen molar-refractivity contribution in [3.8, 4) is 0 Å². The Morgan fingerprint density at radius 1 is 0.963 bits per heavy atom. The molecule has 140 valence electrons. The van der Waals surface area contributed by atoms with Gasteiger partial charge in [-0.1, -0.05) is 11.6 Å². The number of rotatable bonds is 4. The monoisotopic (exact) mass is 385 g/mol. The highest BCUT2D eigenvalue weighted by atomic mass is 35.5. The third-order valence-corrected chi connectivity index (χ3v) is 4.82. The molecule has 1 N–H and O–H groups in total. The van der Waals surface area contributed by atoms with Gasteiger partial charge in [0.1, 0.15) is 0 Å². The molecular weight excluding hydrogens is 366 g/mol. The van der Waals surface area contributed by atoms with Crippen LogP contribution in [0.3, 0.4) is 0 Å². The number of aryl methyl sites for hydroxylation is 3. The zero-order chi connectivity index (χ0) is 19.7. The van der Waals surface area contributed by atoms with Crippen LogP contribution in [0, 0.1) is 6.92 Å². The highest BCUT2D eigenvalue weighted by Gasteiger charge is 2.15. The van der Waals surface area contributed by atoms with Crippen molar-refractivity contribution in [2.45, 2.75) is 33.9 Å². The molecule has 0 saturated heterocycles. The summed E-state index contributed by atoms with van der Waals surface area (Å²) in [4.78, 5) is 37.3. The van der Waals surface area contributed by atoms with Crippen LogP contribution < -0.4 is 16.4 Å². The topological polar surface area (TPSA) is 73.1 Å². The molecule has 3 aromatic rings. The first-order chi connectivity index (χ1) is 12.9. The quantitative estimate of drug-likeness (QED) is 0.699. The highest BCUT2D eigenvalue weighted by Crippen LogP contribution is 2.23. The van der Waals surface area contributed by atoms with E-state index in [9.17, 15) is 14.4 Å². The largest absolute Gasteiger partial charge is 0.322 e. The van der Waals surface area contributed by atoms with Gasteiger partial charge in [-0.15, -0.1) is 0 Å². The van der Waals surface area contributed by atoms with Crippen LogP contribution in [-0.4, -0.2) is 15.0 Å². The molecule has 2 aromatic carbocycles. The van der Waals surface area contributed by atoms with E-state index >= 15 is 0 Å². The molecule has 27 heavy (non-hydrogen) atoms. The van der Waals surface area contributed by atoms with Gasteiger partial charge in [-0.25, -0.2) is 0 Å². The van der Waals surface area contributed by atoms with E-state index in [0.717, 1.165) is 5.56 Å². The van der Waals surface area contributed by atoms with Crippen molar-refractivity contribution < 1.29 is 4.79 Å². The van der Waals surface area contributed by atoms with E-state index in [1.165, 1.54) is 9.13 Å². The molecule has 1 heterocycles. The number of amides is 1. The fraction of sp³-hybridized carbons (Fsp3) is 0.250. The average Bonchev–Trinajstić information content (AvgIpc) is 2.65. The van der Waals surface area contributed by atoms with Crippen molar-refractivity contribution in [1.29, 1.82) is 0 Å². The Morgan fingerprint density at radius 3 is 2.00 bits per heavy atom. The Kier molecular flexibility index (Phi) is 5.19. The van der Waals surface area contributed by atoms with Gasteiger partial charge >= 0.3 is 11.1 Å². The Hall–Kier alpha value is -2.86. The minimum absolute atomic E-state index is 0.275. The maximum Gasteiger partial charge on any atom is 0.316 e. The Morgan fingerprint density at radius 2 is 1.48 bits per heavy atom. The summed E-state index contributed by atoms with van der Waals surface area (Å²) in [5.74, 6) is -0.275. The maximum atomic E-state index is 12.5. The number of halogens is 1. The number of fused-ring (bicyclic) bond motifs is 1. The van der Waals surface area contributed by atoms with Gasteiger partial charge < -0.3 is 14.5 Å². The van der Waals surface area contributed by atoms with E-state index in [0.29, 0.717) is 40.4 Å². The lowest BCUT2D eigenvalue weighted by molar-refractivity contribution is 0.102. The van der Waals surface area contributed by atoms with Crippen LogP contribution in [0.15, 0.2) is 46.0 Å². The van der Waals surface area contributed by atoms with Crippen molar-refractivity contribution in [2.75, 3.05) is 5.32 Å². The average molecular weight is 386 g/mol. The summed E-state index contributed by atoms with van der Waals surface area (Å²) in [5.41, 5.74) is 2.05. The van der Waals surface area contributed by atoms with Gasteiger partial charge in [-0.2, -0.15) is 0 Å². The van der Waals surface area contributed by atoms with Crippen molar-refractivity contribution in [2.24, 2.45) is 0 Å². The van der Waals surface area contributed by atoms with Crippen LogP contribution in [-0.2, 0) is 13.1 Å². The first-order valence-electron chi connectivity index (χ1n) is 8.72. The molecule has 0 unspecified atom stereocenters. The minimum Gasteiger partial charge on any atom is -0.322 e. The number of carbonyl (C=O) groups excluding carboxylic acids is 1. The summed E-state index contributed by atoms with van der Waals surface area (Å²) < 4.78 is 2.89. The smallest absolute Gasteiger partial charge is 0.316 e. The molecule has 0 saturated carbocycles. The second-order valence-electron chi connectivity index (χ2n) is 6.22. The normalized spacial score (nSPS) is 11.0. The summed E-state index contributed by atoms with van der Waals surface area (Å²) in [6.45, 7) is 6.24. The molecule has 0 spiro atoms. The third-order valence-electron chi connectivity index (χ3n) is 4.56. The van der Waals surface area contributed by atoms with Crippen molar-refractivity contribution in [3.63, 3.8) is 0 Å². The maximum absolute atomic E-state index is 12.5. The van der Waals surface area contributed by atoms with Gasteiger partial charge in [-0.05, 0) is 62.7 Å². The Balaban J connectivity index is 2.15. The molecule has 0 aliphatic heterocycles. The van der Waals surface area contributed by atoms with Gasteiger partial charge in [0.05, 0.1) is 11.0 Å². The number of carbonyl (C=O) groups is 1. The van der Waals surface area contributed by atoms with Gasteiger partial charge in [0.15, 0.2) is 0 Å². The zero-order valence-electron chi connectivity index (χ0n) is 15.4. The van der Waals surface area contributed by atoms with Crippen LogP contribution >= 0.6 is 11.6 Å². The van der Waals surface area contributed by atoms with Gasteiger partial charge in [0.2, 0.25) is 0 Å². The molecule has 0 aliphatic carbocycles. The van der Waals surface area contributed by atoms with Crippen molar-refractivity contribution in [1.82, 2.24) is 9.13 Å². The molecule has 6 nitrogen and oxygen atoms in total. The molecule has 0 atom stereocenters. The fourth-order valence-corrected chi connectivity index (χ4v) is 3.25.